The molecule has 1 aromatic carbocycles. The molecule has 26 heavy (non-hydrogen) atoms. The zero-order chi connectivity index (χ0) is 17.9. The van der Waals surface area contributed by atoms with Gasteiger partial charge in [-0.3, -0.25) is 4.79 Å². The number of fused-ring (bicyclic) bond motifs is 1. The highest BCUT2D eigenvalue weighted by molar-refractivity contribution is 5.83. The van der Waals surface area contributed by atoms with Crippen LogP contribution in [0.25, 0.3) is 11.2 Å². The van der Waals surface area contributed by atoms with Gasteiger partial charge in [0.15, 0.2) is 17.0 Å². The minimum atomic E-state index is 0.167. The fraction of sp³-hybridized carbons (Fsp3) is 0.389. The van der Waals surface area contributed by atoms with Crippen LogP contribution in [-0.2, 0) is 17.8 Å². The number of carbonyl (C=O) groups excluding carboxylic acids is 1. The van der Waals surface area contributed by atoms with Crippen LogP contribution in [0.15, 0.2) is 36.7 Å². The molecule has 0 saturated carbocycles. The first-order valence-electron chi connectivity index (χ1n) is 8.87. The lowest BCUT2D eigenvalue weighted by Gasteiger charge is -2.35. The Morgan fingerprint density at radius 2 is 1.85 bits per heavy atom. The lowest BCUT2D eigenvalue weighted by atomic mass is 10.1. The summed E-state index contributed by atoms with van der Waals surface area (Å²) in [6.45, 7) is 5.54. The van der Waals surface area contributed by atoms with Crippen molar-refractivity contribution >= 4 is 22.9 Å². The van der Waals surface area contributed by atoms with E-state index in [1.165, 1.54) is 0 Å². The Morgan fingerprint density at radius 3 is 2.58 bits per heavy atom. The molecule has 0 aliphatic carbocycles. The number of anilines is 1. The molecule has 0 N–H and O–H groups in total. The summed E-state index contributed by atoms with van der Waals surface area (Å²) in [5.41, 5.74) is 2.52. The van der Waals surface area contributed by atoms with E-state index >= 15 is 0 Å². The third-order valence-corrected chi connectivity index (χ3v) is 4.71. The summed E-state index contributed by atoms with van der Waals surface area (Å²) in [5.74, 6) is 0.963. The van der Waals surface area contributed by atoms with Gasteiger partial charge in [0.25, 0.3) is 0 Å². The van der Waals surface area contributed by atoms with E-state index in [0.717, 1.165) is 35.6 Å². The Morgan fingerprint density at radius 1 is 1.08 bits per heavy atom. The molecular formula is C18H21N7O. The second kappa shape index (κ2) is 7.07. The molecule has 3 heterocycles. The smallest absolute Gasteiger partial charge is 0.227 e. The van der Waals surface area contributed by atoms with Gasteiger partial charge in [-0.25, -0.2) is 14.6 Å². The fourth-order valence-corrected chi connectivity index (χ4v) is 3.27. The molecule has 3 aromatic rings. The van der Waals surface area contributed by atoms with Crippen LogP contribution in [0, 0.1) is 0 Å². The summed E-state index contributed by atoms with van der Waals surface area (Å²) in [6, 6.07) is 9.87. The van der Waals surface area contributed by atoms with E-state index in [0.29, 0.717) is 26.1 Å². The second-order valence-corrected chi connectivity index (χ2v) is 6.30. The zero-order valence-electron chi connectivity index (χ0n) is 14.7. The van der Waals surface area contributed by atoms with E-state index in [9.17, 15) is 4.79 Å². The maximum Gasteiger partial charge on any atom is 0.227 e. The highest BCUT2D eigenvalue weighted by Gasteiger charge is 2.24. The molecule has 1 aliphatic heterocycles. The van der Waals surface area contributed by atoms with Crippen LogP contribution in [0.5, 0.6) is 0 Å². The molecule has 134 valence electrons. The first kappa shape index (κ1) is 16.4. The van der Waals surface area contributed by atoms with Crippen molar-refractivity contribution in [1.82, 2.24) is 29.9 Å². The van der Waals surface area contributed by atoms with Crippen LogP contribution in [0.3, 0.4) is 0 Å². The Hall–Kier alpha value is -3.03. The molecule has 0 radical (unpaired) electrons. The van der Waals surface area contributed by atoms with Gasteiger partial charge in [0.1, 0.15) is 6.33 Å². The van der Waals surface area contributed by atoms with Gasteiger partial charge in [-0.15, -0.1) is 5.10 Å². The standard InChI is InChI=1S/C18H21N7O/c1-2-25-18-16(21-22-25)17(19-13-20-18)24-10-8-23(9-11-24)15(26)12-14-6-4-3-5-7-14/h3-7,13H,2,8-12H2,1H3. The number of hydrogen-bond donors (Lipinski definition) is 0. The largest absolute Gasteiger partial charge is 0.351 e. The number of hydrogen-bond acceptors (Lipinski definition) is 6. The molecule has 8 heteroatoms. The van der Waals surface area contributed by atoms with E-state index in [2.05, 4.69) is 25.2 Å². The summed E-state index contributed by atoms with van der Waals surface area (Å²) in [6.07, 6.45) is 2.00. The first-order valence-corrected chi connectivity index (χ1v) is 8.87. The third-order valence-electron chi connectivity index (χ3n) is 4.71. The van der Waals surface area contributed by atoms with E-state index in [1.54, 1.807) is 11.0 Å². The number of aryl methyl sites for hydroxylation is 1. The molecule has 1 aliphatic rings. The molecule has 0 spiro atoms. The molecular weight excluding hydrogens is 330 g/mol. The quantitative estimate of drug-likeness (QED) is 0.701. The van der Waals surface area contributed by atoms with E-state index in [1.807, 2.05) is 42.2 Å². The molecule has 0 bridgehead atoms. The van der Waals surface area contributed by atoms with Crippen LogP contribution in [-0.4, -0.2) is 61.9 Å². The van der Waals surface area contributed by atoms with Crippen LogP contribution in [0.2, 0.25) is 0 Å². The monoisotopic (exact) mass is 351 g/mol. The number of aromatic nitrogens is 5. The van der Waals surface area contributed by atoms with Gasteiger partial charge in [0, 0.05) is 32.7 Å². The van der Waals surface area contributed by atoms with Crippen LogP contribution in [0.1, 0.15) is 12.5 Å². The summed E-state index contributed by atoms with van der Waals surface area (Å²) >= 11 is 0. The van der Waals surface area contributed by atoms with Crippen molar-refractivity contribution in [3.8, 4) is 0 Å². The Labute approximate surface area is 151 Å². The van der Waals surface area contributed by atoms with Gasteiger partial charge in [0.05, 0.1) is 6.42 Å². The van der Waals surface area contributed by atoms with Gasteiger partial charge < -0.3 is 9.80 Å². The summed E-state index contributed by atoms with van der Waals surface area (Å²) in [5, 5.41) is 8.37. The van der Waals surface area contributed by atoms with Crippen molar-refractivity contribution in [2.24, 2.45) is 0 Å². The van der Waals surface area contributed by atoms with Gasteiger partial charge in [-0.2, -0.15) is 0 Å². The highest BCUT2D eigenvalue weighted by atomic mass is 16.2. The Bertz CT molecular complexity index is 900. The van der Waals surface area contributed by atoms with Crippen molar-refractivity contribution in [2.75, 3.05) is 31.1 Å². The molecule has 4 rings (SSSR count). The SMILES string of the molecule is CCn1nnc2c(N3CCN(C(=O)Cc4ccccc4)CC3)ncnc21. The Kier molecular flexibility index (Phi) is 4.47. The minimum Gasteiger partial charge on any atom is -0.351 e. The van der Waals surface area contributed by atoms with Crippen molar-refractivity contribution in [3.05, 3.63) is 42.2 Å². The molecule has 1 saturated heterocycles. The molecule has 8 nitrogen and oxygen atoms in total. The average Bonchev–Trinajstić information content (AvgIpc) is 3.12. The van der Waals surface area contributed by atoms with Crippen molar-refractivity contribution < 1.29 is 4.79 Å². The number of amides is 1. The maximum atomic E-state index is 12.5. The van der Waals surface area contributed by atoms with Crippen molar-refractivity contribution in [2.45, 2.75) is 19.9 Å². The minimum absolute atomic E-state index is 0.167. The van der Waals surface area contributed by atoms with Gasteiger partial charge in [-0.05, 0) is 12.5 Å². The number of piperazine rings is 1. The fourth-order valence-electron chi connectivity index (χ4n) is 3.27. The van der Waals surface area contributed by atoms with Gasteiger partial charge >= 0.3 is 0 Å². The lowest BCUT2D eigenvalue weighted by Crippen LogP contribution is -2.49. The lowest BCUT2D eigenvalue weighted by molar-refractivity contribution is -0.130. The van der Waals surface area contributed by atoms with Crippen LogP contribution in [0.4, 0.5) is 5.82 Å². The molecule has 2 aromatic heterocycles. The average molecular weight is 351 g/mol. The third kappa shape index (κ3) is 3.10. The Balaban J connectivity index is 1.44. The molecule has 0 atom stereocenters. The molecule has 1 amide bonds. The van der Waals surface area contributed by atoms with Gasteiger partial charge in [0.2, 0.25) is 5.91 Å². The van der Waals surface area contributed by atoms with E-state index in [-0.39, 0.29) is 5.91 Å². The molecule has 0 unspecified atom stereocenters. The number of nitrogens with zero attached hydrogens (tertiary/aromatic N) is 7. The summed E-state index contributed by atoms with van der Waals surface area (Å²) in [7, 11) is 0. The topological polar surface area (TPSA) is 80.0 Å². The van der Waals surface area contributed by atoms with Crippen molar-refractivity contribution in [1.29, 1.82) is 0 Å². The normalized spacial score (nSPS) is 14.8. The van der Waals surface area contributed by atoms with E-state index < -0.39 is 0 Å². The zero-order valence-corrected chi connectivity index (χ0v) is 14.7. The van der Waals surface area contributed by atoms with Crippen LogP contribution < -0.4 is 4.90 Å². The summed E-state index contributed by atoms with van der Waals surface area (Å²) < 4.78 is 1.76. The van der Waals surface area contributed by atoms with Crippen molar-refractivity contribution in [3.63, 3.8) is 0 Å². The number of carbonyl (C=O) groups is 1. The second-order valence-electron chi connectivity index (χ2n) is 6.30. The summed E-state index contributed by atoms with van der Waals surface area (Å²) in [4.78, 5) is 25.3. The predicted octanol–water partition coefficient (Wildman–Crippen LogP) is 1.13. The number of rotatable bonds is 4. The first-order chi connectivity index (χ1) is 12.8. The maximum absolute atomic E-state index is 12.5. The van der Waals surface area contributed by atoms with Crippen LogP contribution >= 0.6 is 0 Å². The number of benzene rings is 1. The molecule has 1 fully saturated rings. The van der Waals surface area contributed by atoms with E-state index in [4.69, 9.17) is 0 Å². The van der Waals surface area contributed by atoms with Gasteiger partial charge in [-0.1, -0.05) is 35.5 Å². The predicted molar refractivity (Wildman–Crippen MR) is 97.7 cm³/mol. The highest BCUT2D eigenvalue weighted by Crippen LogP contribution is 2.21.